The highest BCUT2D eigenvalue weighted by molar-refractivity contribution is 7.99. The Balaban J connectivity index is 3.95. The van der Waals surface area contributed by atoms with Crippen molar-refractivity contribution in [3.05, 3.63) is 0 Å². The molecule has 2 amide bonds. The second-order valence-electron chi connectivity index (χ2n) is 4.36. The lowest BCUT2D eigenvalue weighted by Gasteiger charge is -2.16. The number of carbonyl (C=O) groups is 3. The van der Waals surface area contributed by atoms with Crippen LogP contribution in [0.1, 0.15) is 26.7 Å². The largest absolute Gasteiger partial charge is 0.480 e. The lowest BCUT2D eigenvalue weighted by atomic mass is 10.0. The fourth-order valence-corrected chi connectivity index (χ4v) is 1.97. The summed E-state index contributed by atoms with van der Waals surface area (Å²) in [6, 6.07) is -0.848. The van der Waals surface area contributed by atoms with Crippen LogP contribution in [0.15, 0.2) is 0 Å². The van der Waals surface area contributed by atoms with Crippen LogP contribution in [0.4, 0.5) is 0 Å². The van der Waals surface area contributed by atoms with Gasteiger partial charge in [0.05, 0.1) is 5.75 Å². The molecule has 0 aliphatic carbocycles. The van der Waals surface area contributed by atoms with E-state index in [0.717, 1.165) is 0 Å². The summed E-state index contributed by atoms with van der Waals surface area (Å²) in [5.41, 5.74) is 4.95. The summed E-state index contributed by atoms with van der Waals surface area (Å²) >= 11 is 1.26. The maximum absolute atomic E-state index is 11.5. The second kappa shape index (κ2) is 8.79. The number of hydrogen-bond acceptors (Lipinski definition) is 4. The number of nitrogens with one attached hydrogen (secondary N) is 1. The average Bonchev–Trinajstić information content (AvgIpc) is 2.22. The van der Waals surface area contributed by atoms with E-state index < -0.39 is 17.9 Å². The lowest BCUT2D eigenvalue weighted by Crippen LogP contribution is -2.41. The number of thioether (sulfide) groups is 1. The van der Waals surface area contributed by atoms with Crippen molar-refractivity contribution in [3.8, 4) is 0 Å². The van der Waals surface area contributed by atoms with E-state index in [9.17, 15) is 14.4 Å². The van der Waals surface area contributed by atoms with Crippen LogP contribution >= 0.6 is 11.8 Å². The topological polar surface area (TPSA) is 109 Å². The van der Waals surface area contributed by atoms with Crippen molar-refractivity contribution >= 4 is 29.5 Å². The summed E-state index contributed by atoms with van der Waals surface area (Å²) in [7, 11) is 0. The van der Waals surface area contributed by atoms with Crippen LogP contribution in [0.3, 0.4) is 0 Å². The van der Waals surface area contributed by atoms with E-state index >= 15 is 0 Å². The van der Waals surface area contributed by atoms with Crippen LogP contribution in [0.2, 0.25) is 0 Å². The molecule has 0 heterocycles. The quantitative estimate of drug-likeness (QED) is 0.521. The van der Waals surface area contributed by atoms with Gasteiger partial charge >= 0.3 is 5.97 Å². The Morgan fingerprint density at radius 2 is 1.94 bits per heavy atom. The van der Waals surface area contributed by atoms with E-state index in [2.05, 4.69) is 5.32 Å². The zero-order chi connectivity index (χ0) is 14.1. The van der Waals surface area contributed by atoms with Gasteiger partial charge in [-0.25, -0.2) is 4.79 Å². The average molecular weight is 276 g/mol. The zero-order valence-electron chi connectivity index (χ0n) is 10.6. The number of primary amides is 1. The van der Waals surface area contributed by atoms with Crippen LogP contribution < -0.4 is 11.1 Å². The maximum atomic E-state index is 11.5. The van der Waals surface area contributed by atoms with E-state index in [1.54, 1.807) is 0 Å². The summed E-state index contributed by atoms with van der Waals surface area (Å²) in [5, 5.41) is 11.4. The molecular weight excluding hydrogens is 256 g/mol. The monoisotopic (exact) mass is 276 g/mol. The first-order chi connectivity index (χ1) is 8.32. The molecule has 4 N–H and O–H groups in total. The Hall–Kier alpha value is -1.24. The van der Waals surface area contributed by atoms with Gasteiger partial charge < -0.3 is 16.2 Å². The number of carboxylic acids is 1. The number of rotatable bonds is 9. The highest BCUT2D eigenvalue weighted by Gasteiger charge is 2.20. The molecule has 0 bridgehead atoms. The molecular formula is C11H20N2O4S. The van der Waals surface area contributed by atoms with Gasteiger partial charge in [-0.3, -0.25) is 9.59 Å². The van der Waals surface area contributed by atoms with Crippen LogP contribution in [-0.2, 0) is 14.4 Å². The summed E-state index contributed by atoms with van der Waals surface area (Å²) in [4.78, 5) is 32.8. The molecule has 1 atom stereocenters. The molecule has 0 aliphatic rings. The third kappa shape index (κ3) is 8.86. The van der Waals surface area contributed by atoms with Crippen molar-refractivity contribution in [2.24, 2.45) is 11.7 Å². The number of carboxylic acid groups (broad SMARTS) is 1. The van der Waals surface area contributed by atoms with Crippen molar-refractivity contribution < 1.29 is 19.5 Å². The standard InChI is InChI=1S/C11H20N2O4S/c1-7(2)5-8(11(16)17)13-10(15)3-4-18-6-9(12)14/h7-8H,3-6H2,1-2H3,(H2,12,14)(H,13,15)(H,16,17). The van der Waals surface area contributed by atoms with Crippen LogP contribution in [0, 0.1) is 5.92 Å². The van der Waals surface area contributed by atoms with Gasteiger partial charge in [-0.05, 0) is 12.3 Å². The molecule has 0 rings (SSSR count). The van der Waals surface area contributed by atoms with Gasteiger partial charge in [-0.15, -0.1) is 0 Å². The van der Waals surface area contributed by atoms with E-state index in [1.165, 1.54) is 11.8 Å². The minimum Gasteiger partial charge on any atom is -0.480 e. The van der Waals surface area contributed by atoms with E-state index in [-0.39, 0.29) is 24.0 Å². The molecule has 6 nitrogen and oxygen atoms in total. The van der Waals surface area contributed by atoms with Crippen LogP contribution in [0.5, 0.6) is 0 Å². The number of aliphatic carboxylic acids is 1. The highest BCUT2D eigenvalue weighted by Crippen LogP contribution is 2.06. The van der Waals surface area contributed by atoms with Crippen molar-refractivity contribution in [3.63, 3.8) is 0 Å². The van der Waals surface area contributed by atoms with Crippen molar-refractivity contribution in [1.29, 1.82) is 0 Å². The van der Waals surface area contributed by atoms with Gasteiger partial charge in [-0.2, -0.15) is 11.8 Å². The van der Waals surface area contributed by atoms with Gasteiger partial charge in [0, 0.05) is 12.2 Å². The molecule has 0 aromatic rings. The van der Waals surface area contributed by atoms with Crippen LogP contribution in [0.25, 0.3) is 0 Å². The normalized spacial score (nSPS) is 12.2. The minimum absolute atomic E-state index is 0.168. The van der Waals surface area contributed by atoms with Gasteiger partial charge in [-0.1, -0.05) is 13.8 Å². The van der Waals surface area contributed by atoms with E-state index in [1.807, 2.05) is 13.8 Å². The van der Waals surface area contributed by atoms with Gasteiger partial charge in [0.25, 0.3) is 0 Å². The van der Waals surface area contributed by atoms with E-state index in [4.69, 9.17) is 10.8 Å². The minimum atomic E-state index is -1.03. The Morgan fingerprint density at radius 1 is 1.33 bits per heavy atom. The summed E-state index contributed by atoms with van der Waals surface area (Å²) in [6.45, 7) is 3.79. The molecule has 0 saturated carbocycles. The molecule has 18 heavy (non-hydrogen) atoms. The van der Waals surface area contributed by atoms with Crippen LogP contribution in [-0.4, -0.2) is 40.4 Å². The smallest absolute Gasteiger partial charge is 0.326 e. The number of amides is 2. The first-order valence-electron chi connectivity index (χ1n) is 5.71. The zero-order valence-corrected chi connectivity index (χ0v) is 11.5. The van der Waals surface area contributed by atoms with Crippen molar-refractivity contribution in [2.45, 2.75) is 32.7 Å². The maximum Gasteiger partial charge on any atom is 0.326 e. The molecule has 0 radical (unpaired) electrons. The summed E-state index contributed by atoms with van der Waals surface area (Å²) in [5.74, 6) is -0.967. The number of hydrogen-bond donors (Lipinski definition) is 3. The molecule has 0 aromatic heterocycles. The van der Waals surface area contributed by atoms with Gasteiger partial charge in [0.1, 0.15) is 6.04 Å². The Bertz CT molecular complexity index is 307. The molecule has 0 aromatic carbocycles. The molecule has 7 heteroatoms. The SMILES string of the molecule is CC(C)CC(NC(=O)CCSCC(N)=O)C(=O)O. The summed E-state index contributed by atoms with van der Waals surface area (Å²) in [6.07, 6.45) is 0.579. The fraction of sp³-hybridized carbons (Fsp3) is 0.727. The third-order valence-corrected chi connectivity index (χ3v) is 3.04. The Morgan fingerprint density at radius 3 is 2.39 bits per heavy atom. The Kier molecular flexibility index (Phi) is 8.19. The number of carbonyl (C=O) groups excluding carboxylic acids is 2. The molecule has 0 fully saturated rings. The Labute approximate surface area is 111 Å². The molecule has 1 unspecified atom stereocenters. The molecule has 0 aliphatic heterocycles. The van der Waals surface area contributed by atoms with Gasteiger partial charge in [0.2, 0.25) is 11.8 Å². The predicted molar refractivity (Wildman–Crippen MR) is 70.2 cm³/mol. The molecule has 0 spiro atoms. The predicted octanol–water partition coefficient (Wildman–Crippen LogP) is 0.211. The van der Waals surface area contributed by atoms with E-state index in [0.29, 0.717) is 12.2 Å². The number of nitrogens with two attached hydrogens (primary N) is 1. The first kappa shape index (κ1) is 16.8. The summed E-state index contributed by atoms with van der Waals surface area (Å²) < 4.78 is 0. The fourth-order valence-electron chi connectivity index (χ4n) is 1.30. The van der Waals surface area contributed by atoms with Crippen molar-refractivity contribution in [1.82, 2.24) is 5.32 Å². The molecule has 104 valence electrons. The second-order valence-corrected chi connectivity index (χ2v) is 5.46. The van der Waals surface area contributed by atoms with Crippen molar-refractivity contribution in [2.75, 3.05) is 11.5 Å². The molecule has 0 saturated heterocycles. The first-order valence-corrected chi connectivity index (χ1v) is 6.86. The lowest BCUT2D eigenvalue weighted by molar-refractivity contribution is -0.142. The highest BCUT2D eigenvalue weighted by atomic mass is 32.2. The third-order valence-electron chi connectivity index (χ3n) is 2.06. The van der Waals surface area contributed by atoms with Gasteiger partial charge in [0.15, 0.2) is 0 Å².